The molecule has 0 N–H and O–H groups in total. The molecule has 1 amide bonds. The van der Waals surface area contributed by atoms with Crippen LogP contribution in [0.5, 0.6) is 0 Å². The molecule has 2 aromatic carbocycles. The number of non-ortho nitro benzene ring substituents is 1. The zero-order valence-corrected chi connectivity index (χ0v) is 14.7. The minimum absolute atomic E-state index is 0.0261. The lowest BCUT2D eigenvalue weighted by atomic mass is 10.1. The van der Waals surface area contributed by atoms with Gasteiger partial charge in [0.1, 0.15) is 0 Å². The van der Waals surface area contributed by atoms with Crippen LogP contribution < -0.4 is 0 Å². The lowest BCUT2D eigenvalue weighted by Gasteiger charge is -2.25. The summed E-state index contributed by atoms with van der Waals surface area (Å²) in [4.78, 5) is 29.0. The summed E-state index contributed by atoms with van der Waals surface area (Å²) in [6, 6.07) is 13.9. The van der Waals surface area contributed by atoms with Crippen LogP contribution in [0.3, 0.4) is 0 Å². The zero-order valence-electron chi connectivity index (χ0n) is 14.7. The highest BCUT2D eigenvalue weighted by Gasteiger charge is 2.19. The first kappa shape index (κ1) is 17.6. The second kappa shape index (κ2) is 7.35. The summed E-state index contributed by atoms with van der Waals surface area (Å²) in [6.45, 7) is 2.40. The lowest BCUT2D eigenvalue weighted by Crippen LogP contribution is -2.30. The van der Waals surface area contributed by atoms with E-state index in [4.69, 9.17) is 0 Å². The number of nitro benzene ring substituents is 1. The maximum absolute atomic E-state index is 12.6. The van der Waals surface area contributed by atoms with Gasteiger partial charge in [0.2, 0.25) is 5.91 Å². The third-order valence-corrected chi connectivity index (χ3v) is 4.63. The number of nitrogens with zero attached hydrogens (tertiary/aromatic N) is 4. The molecule has 0 spiro atoms. The average Bonchev–Trinajstić information content (AvgIpc) is 3.08. The van der Waals surface area contributed by atoms with Crippen molar-refractivity contribution in [2.24, 2.45) is 0 Å². The predicted molar refractivity (Wildman–Crippen MR) is 98.6 cm³/mol. The summed E-state index contributed by atoms with van der Waals surface area (Å²) in [5.41, 5.74) is 2.66. The van der Waals surface area contributed by atoms with Gasteiger partial charge in [-0.2, -0.15) is 0 Å². The summed E-state index contributed by atoms with van der Waals surface area (Å²) < 4.78 is 1.96. The number of benzene rings is 2. The highest BCUT2D eigenvalue weighted by molar-refractivity contribution is 5.77. The zero-order chi connectivity index (χ0) is 18.7. The molecular weight excluding hydrogens is 332 g/mol. The van der Waals surface area contributed by atoms with E-state index in [2.05, 4.69) is 4.98 Å². The van der Waals surface area contributed by atoms with Crippen molar-refractivity contribution < 1.29 is 9.72 Å². The van der Waals surface area contributed by atoms with Gasteiger partial charge in [-0.15, -0.1) is 0 Å². The van der Waals surface area contributed by atoms with Crippen LogP contribution in [0, 0.1) is 10.1 Å². The van der Waals surface area contributed by atoms with Gasteiger partial charge in [-0.25, -0.2) is 4.98 Å². The molecule has 0 aliphatic carbocycles. The standard InChI is InChI=1S/C19H20N4O3/c1-14(15-6-5-7-16(12-15)23(25)26)21(2)19(24)10-11-22-13-20-17-8-3-4-9-18(17)22/h3-9,12-14H,10-11H2,1-2H3. The first-order valence-electron chi connectivity index (χ1n) is 8.37. The van der Waals surface area contributed by atoms with E-state index in [1.165, 1.54) is 12.1 Å². The van der Waals surface area contributed by atoms with E-state index < -0.39 is 4.92 Å². The van der Waals surface area contributed by atoms with Crippen LogP contribution in [0.15, 0.2) is 54.9 Å². The molecule has 7 heteroatoms. The molecule has 1 aromatic heterocycles. The number of aromatic nitrogens is 2. The summed E-state index contributed by atoms with van der Waals surface area (Å²) in [5.74, 6) is -0.0261. The van der Waals surface area contributed by atoms with Crippen molar-refractivity contribution in [3.63, 3.8) is 0 Å². The third-order valence-electron chi connectivity index (χ3n) is 4.63. The fourth-order valence-electron chi connectivity index (χ4n) is 2.92. The first-order valence-corrected chi connectivity index (χ1v) is 8.37. The molecule has 0 saturated carbocycles. The molecule has 0 fully saturated rings. The number of fused-ring (bicyclic) bond motifs is 1. The summed E-state index contributed by atoms with van der Waals surface area (Å²) in [7, 11) is 1.72. The molecule has 1 unspecified atom stereocenters. The smallest absolute Gasteiger partial charge is 0.269 e. The van der Waals surface area contributed by atoms with E-state index in [1.807, 2.05) is 35.8 Å². The van der Waals surface area contributed by atoms with E-state index in [0.29, 0.717) is 13.0 Å². The van der Waals surface area contributed by atoms with Crippen LogP contribution in [0.4, 0.5) is 5.69 Å². The van der Waals surface area contributed by atoms with E-state index >= 15 is 0 Å². The molecular formula is C19H20N4O3. The van der Waals surface area contributed by atoms with Gasteiger partial charge in [-0.1, -0.05) is 24.3 Å². The van der Waals surface area contributed by atoms with E-state index in [0.717, 1.165) is 16.6 Å². The number of carbonyl (C=O) groups is 1. The van der Waals surface area contributed by atoms with Crippen molar-refractivity contribution in [1.82, 2.24) is 14.5 Å². The maximum atomic E-state index is 12.6. The lowest BCUT2D eigenvalue weighted by molar-refractivity contribution is -0.384. The van der Waals surface area contributed by atoms with Crippen LogP contribution in [0.25, 0.3) is 11.0 Å². The fraction of sp³-hybridized carbons (Fsp3) is 0.263. The summed E-state index contributed by atoms with van der Waals surface area (Å²) >= 11 is 0. The molecule has 0 saturated heterocycles. The number of carbonyl (C=O) groups excluding carboxylic acids is 1. The van der Waals surface area contributed by atoms with E-state index in [-0.39, 0.29) is 17.6 Å². The van der Waals surface area contributed by atoms with E-state index in [1.54, 1.807) is 30.4 Å². The molecule has 1 heterocycles. The van der Waals surface area contributed by atoms with Gasteiger partial charge in [0.15, 0.2) is 0 Å². The van der Waals surface area contributed by atoms with Crippen LogP contribution in [-0.4, -0.2) is 32.3 Å². The molecule has 0 aliphatic rings. The quantitative estimate of drug-likeness (QED) is 0.502. The topological polar surface area (TPSA) is 81.3 Å². The number of hydrogen-bond donors (Lipinski definition) is 0. The first-order chi connectivity index (χ1) is 12.5. The molecule has 26 heavy (non-hydrogen) atoms. The number of para-hydroxylation sites is 2. The third kappa shape index (κ3) is 3.56. The molecule has 134 valence electrons. The van der Waals surface area contributed by atoms with Gasteiger partial charge in [0, 0.05) is 32.1 Å². The number of amides is 1. The molecule has 3 rings (SSSR count). The van der Waals surface area contributed by atoms with E-state index in [9.17, 15) is 14.9 Å². The van der Waals surface area contributed by atoms with Crippen molar-refractivity contribution in [3.05, 3.63) is 70.5 Å². The minimum atomic E-state index is -0.428. The molecule has 1 atom stereocenters. The van der Waals surface area contributed by atoms with Gasteiger partial charge < -0.3 is 9.47 Å². The Bertz CT molecular complexity index is 951. The number of imidazole rings is 1. The van der Waals surface area contributed by atoms with Gasteiger partial charge in [-0.3, -0.25) is 14.9 Å². The summed E-state index contributed by atoms with van der Waals surface area (Å²) in [6.07, 6.45) is 2.07. The van der Waals surface area contributed by atoms with Crippen molar-refractivity contribution in [2.75, 3.05) is 7.05 Å². The molecule has 0 bridgehead atoms. The minimum Gasteiger partial charge on any atom is -0.339 e. The van der Waals surface area contributed by atoms with Crippen LogP contribution in [-0.2, 0) is 11.3 Å². The molecule has 7 nitrogen and oxygen atoms in total. The Hall–Kier alpha value is -3.22. The largest absolute Gasteiger partial charge is 0.339 e. The Labute approximate surface area is 151 Å². The number of aryl methyl sites for hydroxylation is 1. The Kier molecular flexibility index (Phi) is 4.97. The van der Waals surface area contributed by atoms with Crippen molar-refractivity contribution >= 4 is 22.6 Å². The van der Waals surface area contributed by atoms with Gasteiger partial charge in [-0.05, 0) is 24.6 Å². The summed E-state index contributed by atoms with van der Waals surface area (Å²) in [5, 5.41) is 10.9. The SMILES string of the molecule is CC(c1cccc([N+](=O)[O-])c1)N(C)C(=O)CCn1cnc2ccccc21. The Balaban J connectivity index is 1.67. The highest BCUT2D eigenvalue weighted by Crippen LogP contribution is 2.23. The second-order valence-corrected chi connectivity index (χ2v) is 6.21. The molecule has 0 aliphatic heterocycles. The van der Waals surface area contributed by atoms with Crippen LogP contribution >= 0.6 is 0 Å². The monoisotopic (exact) mass is 352 g/mol. The Morgan fingerprint density at radius 3 is 2.81 bits per heavy atom. The molecule has 3 aromatic rings. The highest BCUT2D eigenvalue weighted by atomic mass is 16.6. The van der Waals surface area contributed by atoms with Gasteiger partial charge in [0.25, 0.3) is 5.69 Å². The molecule has 0 radical (unpaired) electrons. The Morgan fingerprint density at radius 1 is 1.27 bits per heavy atom. The number of nitro groups is 1. The fourth-order valence-corrected chi connectivity index (χ4v) is 2.92. The number of hydrogen-bond acceptors (Lipinski definition) is 4. The average molecular weight is 352 g/mol. The van der Waals surface area contributed by atoms with Crippen molar-refractivity contribution in [2.45, 2.75) is 25.9 Å². The van der Waals surface area contributed by atoms with Gasteiger partial charge in [0.05, 0.1) is 28.3 Å². The van der Waals surface area contributed by atoms with Crippen LogP contribution in [0.2, 0.25) is 0 Å². The normalized spacial score (nSPS) is 12.1. The van der Waals surface area contributed by atoms with Gasteiger partial charge >= 0.3 is 0 Å². The van der Waals surface area contributed by atoms with Crippen LogP contribution in [0.1, 0.15) is 24.9 Å². The predicted octanol–water partition coefficient (Wildman–Crippen LogP) is 3.55. The van der Waals surface area contributed by atoms with Crippen molar-refractivity contribution in [1.29, 1.82) is 0 Å². The second-order valence-electron chi connectivity index (χ2n) is 6.21. The van der Waals surface area contributed by atoms with Crippen molar-refractivity contribution in [3.8, 4) is 0 Å². The number of rotatable bonds is 6. The Morgan fingerprint density at radius 2 is 2.04 bits per heavy atom. The maximum Gasteiger partial charge on any atom is 0.269 e.